The highest BCUT2D eigenvalue weighted by molar-refractivity contribution is 5.25. The highest BCUT2D eigenvalue weighted by atomic mass is 19.1. The van der Waals surface area contributed by atoms with Gasteiger partial charge in [-0.2, -0.15) is 0 Å². The highest BCUT2D eigenvalue weighted by Gasteiger charge is 2.08. The van der Waals surface area contributed by atoms with Gasteiger partial charge in [-0.3, -0.25) is 0 Å². The van der Waals surface area contributed by atoms with Crippen molar-refractivity contribution in [2.75, 3.05) is 13.2 Å². The number of hydrogen-bond donors (Lipinski definition) is 0. The van der Waals surface area contributed by atoms with Crippen molar-refractivity contribution >= 4 is 0 Å². The maximum Gasteiger partial charge on any atom is 0.190 e. The van der Waals surface area contributed by atoms with Gasteiger partial charge in [0.15, 0.2) is 17.4 Å². The van der Waals surface area contributed by atoms with E-state index in [4.69, 9.17) is 10.3 Å². The lowest BCUT2D eigenvalue weighted by Gasteiger charge is -2.06. The van der Waals surface area contributed by atoms with Crippen LogP contribution in [0.1, 0.15) is 6.42 Å². The largest absolute Gasteiger partial charge is 0.488 e. The van der Waals surface area contributed by atoms with Gasteiger partial charge in [0.05, 0.1) is 6.61 Å². The second-order valence-electron chi connectivity index (χ2n) is 2.71. The molecule has 0 aliphatic carbocycles. The molecule has 0 unspecified atom stereocenters. The number of nitrogens with zero attached hydrogens (tertiary/aromatic N) is 3. The Balaban J connectivity index is 2.46. The topological polar surface area (TPSA) is 58.0 Å². The summed E-state index contributed by atoms with van der Waals surface area (Å²) in [6.07, 6.45) is 0.415. The van der Waals surface area contributed by atoms with Crippen LogP contribution in [0.4, 0.5) is 8.78 Å². The van der Waals surface area contributed by atoms with E-state index >= 15 is 0 Å². The minimum absolute atomic E-state index is 0.108. The van der Waals surface area contributed by atoms with E-state index < -0.39 is 17.4 Å². The maximum absolute atomic E-state index is 13.0. The minimum atomic E-state index is -0.737. The summed E-state index contributed by atoms with van der Waals surface area (Å²) >= 11 is 0. The number of halogens is 2. The molecule has 0 N–H and O–H groups in total. The molecule has 1 aromatic carbocycles. The van der Waals surface area contributed by atoms with E-state index in [0.717, 1.165) is 12.1 Å². The quantitative estimate of drug-likeness (QED) is 0.321. The first-order chi connectivity index (χ1) is 7.25. The molecule has 15 heavy (non-hydrogen) atoms. The van der Waals surface area contributed by atoms with Crippen LogP contribution < -0.4 is 4.74 Å². The molecule has 0 amide bonds. The van der Waals surface area contributed by atoms with Crippen molar-refractivity contribution in [1.82, 2.24) is 0 Å². The predicted octanol–water partition coefficient (Wildman–Crippen LogP) is 3.04. The summed E-state index contributed by atoms with van der Waals surface area (Å²) < 4.78 is 30.8. The Bertz CT molecular complexity index is 357. The van der Waals surface area contributed by atoms with Gasteiger partial charge in [-0.15, -0.1) is 0 Å². The molecule has 0 aliphatic rings. The van der Waals surface area contributed by atoms with Crippen molar-refractivity contribution < 1.29 is 13.5 Å². The SMILES string of the molecule is [N-]=[N+]=NCCCOc1c(F)cccc1F. The molecule has 80 valence electrons. The Morgan fingerprint density at radius 2 is 2.00 bits per heavy atom. The molecule has 4 nitrogen and oxygen atoms in total. The van der Waals surface area contributed by atoms with Crippen LogP contribution in [0.25, 0.3) is 10.4 Å². The lowest BCUT2D eigenvalue weighted by atomic mass is 10.3. The van der Waals surface area contributed by atoms with E-state index in [-0.39, 0.29) is 13.2 Å². The summed E-state index contributed by atoms with van der Waals surface area (Å²) in [5.74, 6) is -1.86. The molecule has 0 spiro atoms. The zero-order chi connectivity index (χ0) is 11.1. The first-order valence-corrected chi connectivity index (χ1v) is 4.33. The molecule has 0 bridgehead atoms. The normalized spacial score (nSPS) is 9.47. The number of hydrogen-bond acceptors (Lipinski definition) is 2. The summed E-state index contributed by atoms with van der Waals surface area (Å²) in [5, 5.41) is 3.26. The fourth-order valence-corrected chi connectivity index (χ4v) is 0.975. The number of rotatable bonds is 5. The maximum atomic E-state index is 13.0. The summed E-state index contributed by atoms with van der Waals surface area (Å²) in [4.78, 5) is 2.54. The lowest BCUT2D eigenvalue weighted by molar-refractivity contribution is 0.282. The number of benzene rings is 1. The number of para-hydroxylation sites is 1. The zero-order valence-electron chi connectivity index (χ0n) is 7.86. The first kappa shape index (κ1) is 11.3. The third-order valence-electron chi connectivity index (χ3n) is 1.63. The molecule has 0 saturated carbocycles. The van der Waals surface area contributed by atoms with Crippen LogP contribution in [0, 0.1) is 11.6 Å². The minimum Gasteiger partial charge on any atom is -0.488 e. The fourth-order valence-electron chi connectivity index (χ4n) is 0.975. The molecule has 0 fully saturated rings. The third kappa shape index (κ3) is 3.44. The average Bonchev–Trinajstić information content (AvgIpc) is 2.21. The van der Waals surface area contributed by atoms with Crippen molar-refractivity contribution in [1.29, 1.82) is 0 Å². The smallest absolute Gasteiger partial charge is 0.190 e. The van der Waals surface area contributed by atoms with E-state index in [2.05, 4.69) is 10.0 Å². The van der Waals surface area contributed by atoms with Crippen LogP contribution in [0.2, 0.25) is 0 Å². The van der Waals surface area contributed by atoms with Gasteiger partial charge in [0.25, 0.3) is 0 Å². The van der Waals surface area contributed by atoms with E-state index in [1.54, 1.807) is 0 Å². The summed E-state index contributed by atoms with van der Waals surface area (Å²) in [6.45, 7) is 0.351. The zero-order valence-corrected chi connectivity index (χ0v) is 7.86. The summed E-state index contributed by atoms with van der Waals surface area (Å²) in [5.41, 5.74) is 7.97. The van der Waals surface area contributed by atoms with Gasteiger partial charge >= 0.3 is 0 Å². The molecule has 0 radical (unpaired) electrons. The Hall–Kier alpha value is -1.81. The molecule has 1 rings (SSSR count). The van der Waals surface area contributed by atoms with Gasteiger partial charge in [0.2, 0.25) is 0 Å². The fraction of sp³-hybridized carbons (Fsp3) is 0.333. The Morgan fingerprint density at radius 3 is 2.60 bits per heavy atom. The van der Waals surface area contributed by atoms with Crippen LogP contribution >= 0.6 is 0 Å². The first-order valence-electron chi connectivity index (χ1n) is 4.33. The lowest BCUT2D eigenvalue weighted by Crippen LogP contribution is -2.02. The molecular formula is C9H9F2N3O. The van der Waals surface area contributed by atoms with Crippen molar-refractivity contribution in [3.8, 4) is 5.75 Å². The van der Waals surface area contributed by atoms with Gasteiger partial charge < -0.3 is 4.74 Å². The van der Waals surface area contributed by atoms with Gasteiger partial charge in [0, 0.05) is 11.5 Å². The molecule has 0 aromatic heterocycles. The van der Waals surface area contributed by atoms with Crippen molar-refractivity contribution in [2.45, 2.75) is 6.42 Å². The van der Waals surface area contributed by atoms with Gasteiger partial charge in [-0.25, -0.2) is 8.78 Å². The molecule has 0 heterocycles. The van der Waals surface area contributed by atoms with Crippen molar-refractivity contribution in [2.24, 2.45) is 5.11 Å². The van der Waals surface area contributed by atoms with Crippen molar-refractivity contribution in [3.63, 3.8) is 0 Å². The van der Waals surface area contributed by atoms with Crippen LogP contribution in [0.3, 0.4) is 0 Å². The number of ether oxygens (including phenoxy) is 1. The Morgan fingerprint density at radius 1 is 1.33 bits per heavy atom. The van der Waals surface area contributed by atoms with E-state index in [1.165, 1.54) is 6.07 Å². The molecule has 0 saturated heterocycles. The molecular weight excluding hydrogens is 204 g/mol. The summed E-state index contributed by atoms with van der Waals surface area (Å²) in [6, 6.07) is 3.50. The van der Waals surface area contributed by atoms with Crippen molar-refractivity contribution in [3.05, 3.63) is 40.3 Å². The van der Waals surface area contributed by atoms with E-state index in [9.17, 15) is 8.78 Å². The van der Waals surface area contributed by atoms with Crippen LogP contribution in [0.15, 0.2) is 23.3 Å². The van der Waals surface area contributed by atoms with Crippen LogP contribution in [-0.2, 0) is 0 Å². The predicted molar refractivity (Wildman–Crippen MR) is 50.5 cm³/mol. The highest BCUT2D eigenvalue weighted by Crippen LogP contribution is 2.20. The van der Waals surface area contributed by atoms with Gasteiger partial charge in [-0.05, 0) is 24.1 Å². The molecule has 0 atom stereocenters. The second-order valence-corrected chi connectivity index (χ2v) is 2.71. The molecule has 0 aliphatic heterocycles. The Labute approximate surface area is 85.1 Å². The van der Waals surface area contributed by atoms with E-state index in [1.807, 2.05) is 0 Å². The standard InChI is InChI=1S/C9H9F2N3O/c10-7-3-1-4-8(11)9(7)15-6-2-5-13-14-12/h1,3-4H,2,5-6H2. The van der Waals surface area contributed by atoms with Crippen LogP contribution in [0.5, 0.6) is 5.75 Å². The molecule has 1 aromatic rings. The third-order valence-corrected chi connectivity index (χ3v) is 1.63. The number of azide groups is 1. The van der Waals surface area contributed by atoms with Gasteiger partial charge in [0.1, 0.15) is 0 Å². The molecule has 6 heteroatoms. The summed E-state index contributed by atoms with van der Waals surface area (Å²) in [7, 11) is 0. The average molecular weight is 213 g/mol. The Kier molecular flexibility index (Phi) is 4.37. The monoisotopic (exact) mass is 213 g/mol. The second kappa shape index (κ2) is 5.82. The van der Waals surface area contributed by atoms with Crippen LogP contribution in [-0.4, -0.2) is 13.2 Å². The van der Waals surface area contributed by atoms with Gasteiger partial charge in [-0.1, -0.05) is 11.2 Å². The van der Waals surface area contributed by atoms with E-state index in [0.29, 0.717) is 6.42 Å².